The average molecular weight is 263 g/mol. The topological polar surface area (TPSA) is 60.7 Å². The molecule has 0 fully saturated rings. The predicted molar refractivity (Wildman–Crippen MR) is 72.1 cm³/mol. The SMILES string of the molecule is COCCn1cc(C(=O)O)c2cc(OC)cc(C)c21. The zero-order chi connectivity index (χ0) is 14.0. The summed E-state index contributed by atoms with van der Waals surface area (Å²) in [6, 6.07) is 3.66. The van der Waals surface area contributed by atoms with Crippen molar-refractivity contribution >= 4 is 16.9 Å². The van der Waals surface area contributed by atoms with Crippen molar-refractivity contribution in [3.05, 3.63) is 29.5 Å². The van der Waals surface area contributed by atoms with E-state index in [0.717, 1.165) is 11.1 Å². The lowest BCUT2D eigenvalue weighted by Gasteiger charge is -2.08. The Kier molecular flexibility index (Phi) is 3.76. The van der Waals surface area contributed by atoms with Gasteiger partial charge in [0, 0.05) is 25.2 Å². The molecule has 0 spiro atoms. The first-order chi connectivity index (χ1) is 9.08. The number of fused-ring (bicyclic) bond motifs is 1. The maximum absolute atomic E-state index is 11.3. The van der Waals surface area contributed by atoms with Gasteiger partial charge in [-0.15, -0.1) is 0 Å². The number of methoxy groups -OCH3 is 2. The number of rotatable bonds is 5. The minimum atomic E-state index is -0.936. The van der Waals surface area contributed by atoms with Crippen molar-refractivity contribution in [3.8, 4) is 5.75 Å². The summed E-state index contributed by atoms with van der Waals surface area (Å²) in [6.45, 7) is 3.10. The van der Waals surface area contributed by atoms with E-state index in [4.69, 9.17) is 9.47 Å². The number of hydrogen-bond donors (Lipinski definition) is 1. The molecule has 19 heavy (non-hydrogen) atoms. The van der Waals surface area contributed by atoms with Crippen LogP contribution in [0.4, 0.5) is 0 Å². The first-order valence-electron chi connectivity index (χ1n) is 5.98. The normalized spacial score (nSPS) is 10.9. The molecule has 0 bridgehead atoms. The van der Waals surface area contributed by atoms with Gasteiger partial charge in [0.25, 0.3) is 0 Å². The molecule has 0 unspecified atom stereocenters. The molecule has 0 saturated carbocycles. The summed E-state index contributed by atoms with van der Waals surface area (Å²) in [6.07, 6.45) is 1.65. The van der Waals surface area contributed by atoms with Crippen LogP contribution in [0.1, 0.15) is 15.9 Å². The van der Waals surface area contributed by atoms with Gasteiger partial charge in [0.15, 0.2) is 0 Å². The summed E-state index contributed by atoms with van der Waals surface area (Å²) < 4.78 is 12.2. The molecule has 1 aromatic carbocycles. The van der Waals surface area contributed by atoms with Crippen LogP contribution in [0, 0.1) is 6.92 Å². The molecule has 0 aliphatic rings. The molecule has 2 aromatic rings. The Bertz CT molecular complexity index is 615. The lowest BCUT2D eigenvalue weighted by molar-refractivity contribution is 0.0698. The van der Waals surface area contributed by atoms with Crippen LogP contribution in [0.3, 0.4) is 0 Å². The second kappa shape index (κ2) is 5.32. The van der Waals surface area contributed by atoms with Gasteiger partial charge >= 0.3 is 5.97 Å². The number of carbonyl (C=O) groups is 1. The Morgan fingerprint density at radius 2 is 2.11 bits per heavy atom. The number of aromatic carboxylic acids is 1. The molecule has 1 heterocycles. The van der Waals surface area contributed by atoms with Crippen LogP contribution in [-0.4, -0.2) is 36.5 Å². The van der Waals surface area contributed by atoms with Gasteiger partial charge in [0.05, 0.1) is 24.8 Å². The van der Waals surface area contributed by atoms with Crippen LogP contribution < -0.4 is 4.74 Å². The monoisotopic (exact) mass is 263 g/mol. The van der Waals surface area contributed by atoms with E-state index in [-0.39, 0.29) is 5.56 Å². The third-order valence-corrected chi connectivity index (χ3v) is 3.14. The van der Waals surface area contributed by atoms with E-state index < -0.39 is 5.97 Å². The molecule has 0 aliphatic heterocycles. The van der Waals surface area contributed by atoms with Crippen molar-refractivity contribution in [2.75, 3.05) is 20.8 Å². The highest BCUT2D eigenvalue weighted by atomic mass is 16.5. The molecule has 0 amide bonds. The third kappa shape index (κ3) is 2.42. The maximum Gasteiger partial charge on any atom is 0.337 e. The van der Waals surface area contributed by atoms with Crippen LogP contribution in [-0.2, 0) is 11.3 Å². The van der Waals surface area contributed by atoms with Gasteiger partial charge in [-0.1, -0.05) is 0 Å². The highest BCUT2D eigenvalue weighted by Crippen LogP contribution is 2.29. The molecule has 0 radical (unpaired) electrons. The van der Waals surface area contributed by atoms with E-state index in [1.165, 1.54) is 0 Å². The lowest BCUT2D eigenvalue weighted by atomic mass is 10.1. The molecule has 0 aliphatic carbocycles. The van der Waals surface area contributed by atoms with Gasteiger partial charge in [-0.05, 0) is 24.6 Å². The van der Waals surface area contributed by atoms with E-state index in [9.17, 15) is 9.90 Å². The zero-order valence-corrected chi connectivity index (χ0v) is 11.3. The summed E-state index contributed by atoms with van der Waals surface area (Å²) in [5.41, 5.74) is 2.18. The number of carboxylic acid groups (broad SMARTS) is 1. The largest absolute Gasteiger partial charge is 0.497 e. The molecule has 0 saturated heterocycles. The Morgan fingerprint density at radius 1 is 1.37 bits per heavy atom. The van der Waals surface area contributed by atoms with Gasteiger partial charge in [-0.25, -0.2) is 4.79 Å². The van der Waals surface area contributed by atoms with Gasteiger partial charge in [-0.3, -0.25) is 0 Å². The second-order valence-corrected chi connectivity index (χ2v) is 4.37. The molecule has 102 valence electrons. The van der Waals surface area contributed by atoms with Gasteiger partial charge < -0.3 is 19.1 Å². The van der Waals surface area contributed by atoms with E-state index in [2.05, 4.69) is 0 Å². The minimum absolute atomic E-state index is 0.285. The summed E-state index contributed by atoms with van der Waals surface area (Å²) in [5, 5.41) is 9.99. The van der Waals surface area contributed by atoms with Gasteiger partial charge in [-0.2, -0.15) is 0 Å². The van der Waals surface area contributed by atoms with Crippen molar-refractivity contribution in [1.29, 1.82) is 0 Å². The van der Waals surface area contributed by atoms with Crippen molar-refractivity contribution in [1.82, 2.24) is 4.57 Å². The Morgan fingerprint density at radius 3 is 2.68 bits per heavy atom. The van der Waals surface area contributed by atoms with Crippen LogP contribution in [0.15, 0.2) is 18.3 Å². The fourth-order valence-corrected chi connectivity index (χ4v) is 2.28. The summed E-state index contributed by atoms with van der Waals surface area (Å²) in [4.78, 5) is 11.3. The first-order valence-corrected chi connectivity index (χ1v) is 5.98. The van der Waals surface area contributed by atoms with Crippen molar-refractivity contribution in [2.24, 2.45) is 0 Å². The first kappa shape index (κ1) is 13.4. The molecule has 5 nitrogen and oxygen atoms in total. The highest BCUT2D eigenvalue weighted by Gasteiger charge is 2.16. The third-order valence-electron chi connectivity index (χ3n) is 3.14. The highest BCUT2D eigenvalue weighted by molar-refractivity contribution is 6.04. The Balaban J connectivity index is 2.67. The van der Waals surface area contributed by atoms with Crippen molar-refractivity contribution in [3.63, 3.8) is 0 Å². The van der Waals surface area contributed by atoms with E-state index in [1.54, 1.807) is 26.5 Å². The number of nitrogens with zero attached hydrogens (tertiary/aromatic N) is 1. The summed E-state index contributed by atoms with van der Waals surface area (Å²) in [7, 11) is 3.20. The van der Waals surface area contributed by atoms with Crippen molar-refractivity contribution in [2.45, 2.75) is 13.5 Å². The van der Waals surface area contributed by atoms with Crippen molar-refractivity contribution < 1.29 is 19.4 Å². The smallest absolute Gasteiger partial charge is 0.337 e. The molecular weight excluding hydrogens is 246 g/mol. The molecule has 1 aromatic heterocycles. The predicted octanol–water partition coefficient (Wildman–Crippen LogP) is 2.30. The van der Waals surface area contributed by atoms with Crippen LogP contribution in [0.2, 0.25) is 0 Å². The number of carboxylic acids is 1. The fraction of sp³-hybridized carbons (Fsp3) is 0.357. The average Bonchev–Trinajstić information content (AvgIpc) is 2.75. The summed E-state index contributed by atoms with van der Waals surface area (Å²) >= 11 is 0. The quantitative estimate of drug-likeness (QED) is 0.899. The van der Waals surface area contributed by atoms with Gasteiger partial charge in [0.1, 0.15) is 5.75 Å². The standard InChI is InChI=1S/C14H17NO4/c1-9-6-10(19-3)7-11-12(14(16)17)8-15(13(9)11)4-5-18-2/h6-8H,4-5H2,1-3H3,(H,16,17). The Hall–Kier alpha value is -2.01. The molecule has 2 rings (SSSR count). The number of aromatic nitrogens is 1. The van der Waals surface area contributed by atoms with Crippen LogP contribution in [0.5, 0.6) is 5.75 Å². The van der Waals surface area contributed by atoms with Crippen LogP contribution in [0.25, 0.3) is 10.9 Å². The molecule has 1 N–H and O–H groups in total. The zero-order valence-electron chi connectivity index (χ0n) is 11.3. The fourth-order valence-electron chi connectivity index (χ4n) is 2.28. The van der Waals surface area contributed by atoms with E-state index in [0.29, 0.717) is 24.3 Å². The number of ether oxygens (including phenoxy) is 2. The molecule has 5 heteroatoms. The Labute approximate surface area is 111 Å². The number of benzene rings is 1. The molecular formula is C14H17NO4. The minimum Gasteiger partial charge on any atom is -0.497 e. The second-order valence-electron chi connectivity index (χ2n) is 4.37. The number of aryl methyl sites for hydroxylation is 1. The number of hydrogen-bond acceptors (Lipinski definition) is 3. The van der Waals surface area contributed by atoms with Crippen LogP contribution >= 0.6 is 0 Å². The van der Waals surface area contributed by atoms with E-state index >= 15 is 0 Å². The van der Waals surface area contributed by atoms with Gasteiger partial charge in [0.2, 0.25) is 0 Å². The molecule has 0 atom stereocenters. The lowest BCUT2D eigenvalue weighted by Crippen LogP contribution is -2.03. The summed E-state index contributed by atoms with van der Waals surface area (Å²) in [5.74, 6) is -0.272. The van der Waals surface area contributed by atoms with E-state index in [1.807, 2.05) is 17.6 Å². The maximum atomic E-state index is 11.3.